The van der Waals surface area contributed by atoms with Gasteiger partial charge in [0.15, 0.2) is 0 Å². The number of aryl methyl sites for hydroxylation is 2. The van der Waals surface area contributed by atoms with Crippen molar-refractivity contribution >= 4 is 10.4 Å². The Balaban J connectivity index is 2.04. The van der Waals surface area contributed by atoms with Gasteiger partial charge in [0.25, 0.3) is 0 Å². The average molecular weight is 419 g/mol. The molecule has 0 aliphatic heterocycles. The standard InChI is InChI=1S/C24H34O4S/c1-3-5-7-9-15-21-17-11-13-19-23(21)27-29(25,26)28-24-20-14-12-18-22(24)16-10-8-6-4-2/h11-14,17-20H,3-10,15-16H2,1-2H3. The van der Waals surface area contributed by atoms with Gasteiger partial charge in [0.1, 0.15) is 11.5 Å². The Morgan fingerprint density at radius 1 is 0.621 bits per heavy atom. The summed E-state index contributed by atoms with van der Waals surface area (Å²) in [7, 11) is -4.20. The number of rotatable bonds is 14. The summed E-state index contributed by atoms with van der Waals surface area (Å²) in [5, 5.41) is 0. The predicted molar refractivity (Wildman–Crippen MR) is 119 cm³/mol. The minimum Gasteiger partial charge on any atom is -0.353 e. The maximum Gasteiger partial charge on any atom is 0.501 e. The summed E-state index contributed by atoms with van der Waals surface area (Å²) in [6.07, 6.45) is 10.5. The average Bonchev–Trinajstić information content (AvgIpc) is 2.70. The van der Waals surface area contributed by atoms with Crippen molar-refractivity contribution in [2.24, 2.45) is 0 Å². The van der Waals surface area contributed by atoms with Crippen LogP contribution in [0.25, 0.3) is 0 Å². The smallest absolute Gasteiger partial charge is 0.353 e. The molecule has 0 saturated heterocycles. The molecule has 29 heavy (non-hydrogen) atoms. The Labute approximate surface area is 176 Å². The molecule has 4 nitrogen and oxygen atoms in total. The van der Waals surface area contributed by atoms with Gasteiger partial charge in [-0.1, -0.05) is 88.8 Å². The lowest BCUT2D eigenvalue weighted by Crippen LogP contribution is -2.18. The third-order valence-corrected chi connectivity index (χ3v) is 5.70. The molecule has 0 atom stereocenters. The van der Waals surface area contributed by atoms with Crippen LogP contribution in [0.15, 0.2) is 48.5 Å². The summed E-state index contributed by atoms with van der Waals surface area (Å²) in [4.78, 5) is 0. The van der Waals surface area contributed by atoms with Crippen molar-refractivity contribution in [3.63, 3.8) is 0 Å². The van der Waals surface area contributed by atoms with E-state index in [1.807, 2.05) is 24.3 Å². The van der Waals surface area contributed by atoms with Crippen LogP contribution in [0, 0.1) is 0 Å². The lowest BCUT2D eigenvalue weighted by molar-refractivity contribution is 0.388. The van der Waals surface area contributed by atoms with E-state index in [-0.39, 0.29) is 0 Å². The third-order valence-electron chi connectivity index (χ3n) is 4.93. The molecule has 0 saturated carbocycles. The molecule has 0 aromatic heterocycles. The molecule has 2 rings (SSSR count). The van der Waals surface area contributed by atoms with Crippen LogP contribution in [0.1, 0.15) is 76.3 Å². The van der Waals surface area contributed by atoms with Crippen molar-refractivity contribution in [2.45, 2.75) is 78.1 Å². The van der Waals surface area contributed by atoms with Crippen LogP contribution in [0.4, 0.5) is 0 Å². The van der Waals surface area contributed by atoms with E-state index in [0.29, 0.717) is 11.5 Å². The molecule has 5 heteroatoms. The van der Waals surface area contributed by atoms with E-state index in [1.54, 1.807) is 24.3 Å². The zero-order chi connectivity index (χ0) is 21.0. The van der Waals surface area contributed by atoms with Crippen LogP contribution in [0.3, 0.4) is 0 Å². The van der Waals surface area contributed by atoms with Crippen LogP contribution in [0.5, 0.6) is 11.5 Å². The first-order valence-corrected chi connectivity index (χ1v) is 12.2. The van der Waals surface area contributed by atoms with Gasteiger partial charge in [0, 0.05) is 0 Å². The minimum atomic E-state index is -4.20. The fraction of sp³-hybridized carbons (Fsp3) is 0.500. The molecule has 0 spiro atoms. The van der Waals surface area contributed by atoms with Gasteiger partial charge in [0.2, 0.25) is 0 Å². The van der Waals surface area contributed by atoms with Crippen LogP contribution in [-0.4, -0.2) is 8.42 Å². The van der Waals surface area contributed by atoms with E-state index in [4.69, 9.17) is 8.37 Å². The van der Waals surface area contributed by atoms with Crippen LogP contribution in [0.2, 0.25) is 0 Å². The minimum absolute atomic E-state index is 0.351. The molecule has 0 radical (unpaired) electrons. The first kappa shape index (κ1) is 23.3. The molecule has 0 fully saturated rings. The third kappa shape index (κ3) is 8.48. The van der Waals surface area contributed by atoms with E-state index in [9.17, 15) is 8.42 Å². The van der Waals surface area contributed by atoms with Gasteiger partial charge in [0.05, 0.1) is 0 Å². The topological polar surface area (TPSA) is 52.6 Å². The molecular weight excluding hydrogens is 384 g/mol. The number of benzene rings is 2. The van der Waals surface area contributed by atoms with Crippen LogP contribution >= 0.6 is 0 Å². The summed E-state index contributed by atoms with van der Waals surface area (Å²) < 4.78 is 35.8. The highest BCUT2D eigenvalue weighted by Gasteiger charge is 2.19. The fourth-order valence-electron chi connectivity index (χ4n) is 3.30. The summed E-state index contributed by atoms with van der Waals surface area (Å²) in [6, 6.07) is 14.6. The van der Waals surface area contributed by atoms with Crippen molar-refractivity contribution in [3.05, 3.63) is 59.7 Å². The zero-order valence-electron chi connectivity index (χ0n) is 17.7. The van der Waals surface area contributed by atoms with Crippen molar-refractivity contribution in [3.8, 4) is 11.5 Å². The Morgan fingerprint density at radius 2 is 1.03 bits per heavy atom. The van der Waals surface area contributed by atoms with Crippen molar-refractivity contribution in [1.82, 2.24) is 0 Å². The predicted octanol–water partition coefficient (Wildman–Crippen LogP) is 6.63. The molecule has 0 N–H and O–H groups in total. The highest BCUT2D eigenvalue weighted by Crippen LogP contribution is 2.26. The Bertz CT molecular complexity index is 767. The number of hydrogen-bond acceptors (Lipinski definition) is 4. The van der Waals surface area contributed by atoms with E-state index >= 15 is 0 Å². The molecule has 0 heterocycles. The van der Waals surface area contributed by atoms with Gasteiger partial charge in [-0.2, -0.15) is 0 Å². The second kappa shape index (κ2) is 12.5. The summed E-state index contributed by atoms with van der Waals surface area (Å²) >= 11 is 0. The van der Waals surface area contributed by atoms with Crippen molar-refractivity contribution in [1.29, 1.82) is 0 Å². The van der Waals surface area contributed by atoms with Crippen molar-refractivity contribution in [2.75, 3.05) is 0 Å². The van der Waals surface area contributed by atoms with Gasteiger partial charge in [-0.05, 0) is 48.9 Å². The van der Waals surface area contributed by atoms with Crippen molar-refractivity contribution < 1.29 is 16.8 Å². The largest absolute Gasteiger partial charge is 0.501 e. The number of para-hydroxylation sites is 2. The highest BCUT2D eigenvalue weighted by atomic mass is 32.3. The summed E-state index contributed by atoms with van der Waals surface area (Å²) in [5.41, 5.74) is 1.78. The fourth-order valence-corrected chi connectivity index (χ4v) is 4.10. The molecule has 0 unspecified atom stereocenters. The monoisotopic (exact) mass is 418 g/mol. The Morgan fingerprint density at radius 3 is 1.45 bits per heavy atom. The van der Waals surface area contributed by atoms with Gasteiger partial charge >= 0.3 is 10.4 Å². The molecule has 160 valence electrons. The quantitative estimate of drug-likeness (QED) is 0.323. The second-order valence-electron chi connectivity index (χ2n) is 7.41. The maximum absolute atomic E-state index is 12.6. The van der Waals surface area contributed by atoms with E-state index in [1.165, 1.54) is 12.8 Å². The number of unbranched alkanes of at least 4 members (excludes halogenated alkanes) is 6. The molecule has 2 aromatic carbocycles. The van der Waals surface area contributed by atoms with Gasteiger partial charge < -0.3 is 8.37 Å². The SMILES string of the molecule is CCCCCCc1ccccc1OS(=O)(=O)Oc1ccccc1CCCCCC. The lowest BCUT2D eigenvalue weighted by atomic mass is 10.1. The normalized spacial score (nSPS) is 11.4. The van der Waals surface area contributed by atoms with Gasteiger partial charge in [-0.3, -0.25) is 0 Å². The lowest BCUT2D eigenvalue weighted by Gasteiger charge is -2.13. The first-order valence-electron chi connectivity index (χ1n) is 10.9. The van der Waals surface area contributed by atoms with Gasteiger partial charge in [-0.25, -0.2) is 0 Å². The summed E-state index contributed by atoms with van der Waals surface area (Å²) in [6.45, 7) is 4.34. The Hall–Kier alpha value is -2.01. The maximum atomic E-state index is 12.6. The highest BCUT2D eigenvalue weighted by molar-refractivity contribution is 7.82. The van der Waals surface area contributed by atoms with Gasteiger partial charge in [-0.15, -0.1) is 8.42 Å². The molecule has 0 aliphatic carbocycles. The first-order chi connectivity index (χ1) is 14.1. The molecule has 0 aliphatic rings. The van der Waals surface area contributed by atoms with Crippen LogP contribution in [-0.2, 0) is 23.2 Å². The van der Waals surface area contributed by atoms with E-state index < -0.39 is 10.4 Å². The van der Waals surface area contributed by atoms with E-state index in [0.717, 1.165) is 62.5 Å². The van der Waals surface area contributed by atoms with E-state index in [2.05, 4.69) is 13.8 Å². The molecule has 0 amide bonds. The number of hydrogen-bond donors (Lipinski definition) is 0. The summed E-state index contributed by atoms with van der Waals surface area (Å²) in [5.74, 6) is 0.703. The Kier molecular flexibility index (Phi) is 10.1. The molecule has 2 aromatic rings. The molecular formula is C24H34O4S. The molecule has 0 bridgehead atoms. The van der Waals surface area contributed by atoms with Crippen LogP contribution < -0.4 is 8.37 Å². The zero-order valence-corrected chi connectivity index (χ0v) is 18.5. The second-order valence-corrected chi connectivity index (χ2v) is 8.56.